The third kappa shape index (κ3) is 6.50. The van der Waals surface area contributed by atoms with Gasteiger partial charge in [-0.25, -0.2) is 0 Å². The molecule has 0 spiro atoms. The summed E-state index contributed by atoms with van der Waals surface area (Å²) in [4.78, 5) is 14.4. The molecule has 0 saturated heterocycles. The van der Waals surface area contributed by atoms with Crippen LogP contribution in [-0.4, -0.2) is 41.9 Å². The zero-order valence-electron chi connectivity index (χ0n) is 12.2. The van der Waals surface area contributed by atoms with Gasteiger partial charge in [0.15, 0.2) is 0 Å². The molecule has 1 N–H and O–H groups in total. The number of rotatable bonds is 7. The standard InChI is InChI=1S/C14H22N2O2S.ClH/c1-15-10-4-5-14(17)16(2)11-12-6-8-13(9-7-12)19(3)18;/h6-9,15H,4-5,10-11H2,1-3H3;1H. The highest BCUT2D eigenvalue weighted by Gasteiger charge is 2.08. The average Bonchev–Trinajstić information content (AvgIpc) is 2.39. The van der Waals surface area contributed by atoms with Crippen LogP contribution in [0.4, 0.5) is 0 Å². The molecular weight excluding hydrogens is 296 g/mol. The minimum absolute atomic E-state index is 0. The summed E-state index contributed by atoms with van der Waals surface area (Å²) in [6, 6.07) is 7.55. The topological polar surface area (TPSA) is 49.4 Å². The highest BCUT2D eigenvalue weighted by atomic mass is 35.5. The molecule has 0 saturated carbocycles. The van der Waals surface area contributed by atoms with Crippen molar-refractivity contribution < 1.29 is 9.00 Å². The maximum absolute atomic E-state index is 11.8. The Kier molecular flexibility index (Phi) is 9.46. The number of nitrogens with one attached hydrogen (secondary N) is 1. The van der Waals surface area contributed by atoms with Crippen molar-refractivity contribution in [3.8, 4) is 0 Å². The molecule has 0 heterocycles. The maximum atomic E-state index is 11.8. The second kappa shape index (κ2) is 9.91. The molecule has 20 heavy (non-hydrogen) atoms. The minimum atomic E-state index is -0.952. The normalized spacial score (nSPS) is 11.6. The van der Waals surface area contributed by atoms with Crippen molar-refractivity contribution in [1.29, 1.82) is 0 Å². The fraction of sp³-hybridized carbons (Fsp3) is 0.500. The largest absolute Gasteiger partial charge is 0.341 e. The van der Waals surface area contributed by atoms with Gasteiger partial charge in [-0.1, -0.05) is 12.1 Å². The van der Waals surface area contributed by atoms with E-state index in [4.69, 9.17) is 0 Å². The lowest BCUT2D eigenvalue weighted by molar-refractivity contribution is -0.130. The van der Waals surface area contributed by atoms with Crippen molar-refractivity contribution in [3.05, 3.63) is 29.8 Å². The van der Waals surface area contributed by atoms with Crippen LogP contribution in [0.25, 0.3) is 0 Å². The number of benzene rings is 1. The molecule has 0 aliphatic heterocycles. The first kappa shape index (κ1) is 19.1. The quantitative estimate of drug-likeness (QED) is 0.780. The SMILES string of the molecule is CNCCCC(=O)N(C)Cc1ccc(S(C)=O)cc1.Cl. The molecule has 0 radical (unpaired) electrons. The van der Waals surface area contributed by atoms with Crippen molar-refractivity contribution in [2.75, 3.05) is 26.9 Å². The zero-order valence-corrected chi connectivity index (χ0v) is 13.9. The van der Waals surface area contributed by atoms with E-state index < -0.39 is 10.8 Å². The smallest absolute Gasteiger partial charge is 0.222 e. The zero-order chi connectivity index (χ0) is 14.3. The number of nitrogens with zero attached hydrogens (tertiary/aromatic N) is 1. The van der Waals surface area contributed by atoms with Gasteiger partial charge in [-0.3, -0.25) is 9.00 Å². The number of carbonyl (C=O) groups excluding carboxylic acids is 1. The first-order valence-electron chi connectivity index (χ1n) is 6.35. The van der Waals surface area contributed by atoms with Crippen LogP contribution in [0.2, 0.25) is 0 Å². The van der Waals surface area contributed by atoms with Gasteiger partial charge in [0.1, 0.15) is 0 Å². The predicted octanol–water partition coefficient (Wildman–Crippen LogP) is 1.80. The molecule has 0 aliphatic rings. The summed E-state index contributed by atoms with van der Waals surface area (Å²) in [5.74, 6) is 0.151. The molecule has 1 unspecified atom stereocenters. The van der Waals surface area contributed by atoms with Crippen LogP contribution >= 0.6 is 12.4 Å². The first-order valence-corrected chi connectivity index (χ1v) is 7.91. The molecule has 0 aromatic heterocycles. The summed E-state index contributed by atoms with van der Waals surface area (Å²) in [6.45, 7) is 1.45. The molecule has 114 valence electrons. The number of hydrogen-bond acceptors (Lipinski definition) is 3. The summed E-state index contributed by atoms with van der Waals surface area (Å²) in [7, 11) is 2.74. The average molecular weight is 319 g/mol. The molecule has 4 nitrogen and oxygen atoms in total. The second-order valence-corrected chi connectivity index (χ2v) is 5.93. The number of hydrogen-bond donors (Lipinski definition) is 1. The highest BCUT2D eigenvalue weighted by Crippen LogP contribution is 2.10. The maximum Gasteiger partial charge on any atom is 0.222 e. The van der Waals surface area contributed by atoms with E-state index in [0.29, 0.717) is 13.0 Å². The Morgan fingerprint density at radius 3 is 2.40 bits per heavy atom. The summed E-state index contributed by atoms with van der Waals surface area (Å²) in [6.07, 6.45) is 3.08. The summed E-state index contributed by atoms with van der Waals surface area (Å²) >= 11 is 0. The van der Waals surface area contributed by atoms with Crippen molar-refractivity contribution in [2.24, 2.45) is 0 Å². The van der Waals surface area contributed by atoms with Gasteiger partial charge in [0.2, 0.25) is 5.91 Å². The molecule has 1 rings (SSSR count). The van der Waals surface area contributed by atoms with E-state index in [9.17, 15) is 9.00 Å². The van der Waals surface area contributed by atoms with Crippen LogP contribution in [0.5, 0.6) is 0 Å². The number of amides is 1. The summed E-state index contributed by atoms with van der Waals surface area (Å²) in [5.41, 5.74) is 1.05. The van der Waals surface area contributed by atoms with Crippen LogP contribution in [-0.2, 0) is 22.1 Å². The molecule has 1 amide bonds. The van der Waals surface area contributed by atoms with Crippen molar-refractivity contribution in [2.45, 2.75) is 24.3 Å². The summed E-state index contributed by atoms with van der Waals surface area (Å²) in [5, 5.41) is 3.03. The van der Waals surface area contributed by atoms with Gasteiger partial charge in [0.25, 0.3) is 0 Å². The Balaban J connectivity index is 0.00000361. The van der Waals surface area contributed by atoms with Gasteiger partial charge < -0.3 is 10.2 Å². The third-order valence-corrected chi connectivity index (χ3v) is 3.85. The van der Waals surface area contributed by atoms with E-state index in [2.05, 4.69) is 5.32 Å². The van der Waals surface area contributed by atoms with Gasteiger partial charge in [-0.05, 0) is 37.7 Å². The van der Waals surface area contributed by atoms with Crippen LogP contribution in [0, 0.1) is 0 Å². The summed E-state index contributed by atoms with van der Waals surface area (Å²) < 4.78 is 11.3. The Labute approximate surface area is 129 Å². The van der Waals surface area contributed by atoms with Gasteiger partial charge in [-0.2, -0.15) is 0 Å². The molecule has 0 aliphatic carbocycles. The van der Waals surface area contributed by atoms with Crippen molar-refractivity contribution in [3.63, 3.8) is 0 Å². The van der Waals surface area contributed by atoms with Gasteiger partial charge >= 0.3 is 0 Å². The van der Waals surface area contributed by atoms with Crippen molar-refractivity contribution >= 4 is 29.1 Å². The predicted molar refractivity (Wildman–Crippen MR) is 85.7 cm³/mol. The van der Waals surface area contributed by atoms with Crippen LogP contribution in [0.1, 0.15) is 18.4 Å². The lowest BCUT2D eigenvalue weighted by atomic mass is 10.2. The lowest BCUT2D eigenvalue weighted by Crippen LogP contribution is -2.26. The highest BCUT2D eigenvalue weighted by molar-refractivity contribution is 7.84. The van der Waals surface area contributed by atoms with E-state index in [-0.39, 0.29) is 18.3 Å². The van der Waals surface area contributed by atoms with Gasteiger partial charge in [-0.15, -0.1) is 12.4 Å². The number of carbonyl (C=O) groups is 1. The molecule has 1 aromatic rings. The first-order chi connectivity index (χ1) is 9.04. The van der Waals surface area contributed by atoms with Crippen LogP contribution in [0.15, 0.2) is 29.2 Å². The number of halogens is 1. The molecule has 6 heteroatoms. The van der Waals surface area contributed by atoms with Crippen LogP contribution < -0.4 is 5.32 Å². The molecule has 0 fully saturated rings. The lowest BCUT2D eigenvalue weighted by Gasteiger charge is -2.17. The van der Waals surface area contributed by atoms with E-state index in [1.54, 1.807) is 11.2 Å². The Morgan fingerprint density at radius 1 is 1.30 bits per heavy atom. The van der Waals surface area contributed by atoms with E-state index >= 15 is 0 Å². The van der Waals surface area contributed by atoms with Gasteiger partial charge in [0, 0.05) is 42.0 Å². The van der Waals surface area contributed by atoms with E-state index in [1.807, 2.05) is 38.4 Å². The molecule has 0 bridgehead atoms. The third-order valence-electron chi connectivity index (χ3n) is 2.92. The fourth-order valence-electron chi connectivity index (χ4n) is 1.76. The Bertz CT molecular complexity index is 437. The minimum Gasteiger partial charge on any atom is -0.341 e. The Hall–Kier alpha value is -0.910. The Morgan fingerprint density at radius 2 is 1.90 bits per heavy atom. The van der Waals surface area contributed by atoms with Gasteiger partial charge in [0.05, 0.1) is 0 Å². The molecule has 1 atom stereocenters. The van der Waals surface area contributed by atoms with E-state index in [1.165, 1.54) is 0 Å². The molecular formula is C14H23ClN2O2S. The fourth-order valence-corrected chi connectivity index (χ4v) is 2.28. The van der Waals surface area contributed by atoms with Crippen LogP contribution in [0.3, 0.4) is 0 Å². The second-order valence-electron chi connectivity index (χ2n) is 4.55. The molecule has 1 aromatic carbocycles. The monoisotopic (exact) mass is 318 g/mol. The van der Waals surface area contributed by atoms with E-state index in [0.717, 1.165) is 23.4 Å². The van der Waals surface area contributed by atoms with Crippen molar-refractivity contribution in [1.82, 2.24) is 10.2 Å².